The number of carboxylic acids is 1. The molecule has 2 amide bonds. The van der Waals surface area contributed by atoms with Gasteiger partial charge in [0.15, 0.2) is 0 Å². The Morgan fingerprint density at radius 3 is 2.04 bits per heavy atom. The predicted octanol–water partition coefficient (Wildman–Crippen LogP) is 2.28. The third kappa shape index (κ3) is 7.25. The minimum absolute atomic E-state index is 0.00172. The molecule has 0 spiro atoms. The monoisotopic (exact) mass is 394 g/mol. The molecule has 1 rings (SSSR count). The Labute approximate surface area is 166 Å². The fourth-order valence-corrected chi connectivity index (χ4v) is 2.59. The van der Waals surface area contributed by atoms with Crippen molar-refractivity contribution in [3.05, 3.63) is 35.9 Å². The Hall–Kier alpha value is -2.02. The van der Waals surface area contributed by atoms with Gasteiger partial charge in [0.1, 0.15) is 12.1 Å². The molecule has 0 aliphatic heterocycles. The minimum Gasteiger partial charge on any atom is -0.480 e. The van der Waals surface area contributed by atoms with Crippen molar-refractivity contribution < 1.29 is 19.5 Å². The van der Waals surface area contributed by atoms with Crippen molar-refractivity contribution in [2.75, 3.05) is 0 Å². The van der Waals surface area contributed by atoms with Crippen LogP contribution in [0.1, 0.15) is 40.2 Å². The molecule has 0 saturated heterocycles. The first-order valence-corrected chi connectivity index (χ1v) is 9.50. The molecule has 0 radical (unpaired) electrons. The molecule has 1 aromatic carbocycles. The van der Waals surface area contributed by atoms with Gasteiger partial charge in [-0.25, -0.2) is 4.79 Å². The van der Waals surface area contributed by atoms with Gasteiger partial charge in [0, 0.05) is 6.42 Å². The lowest BCUT2D eigenvalue weighted by Crippen LogP contribution is -2.58. The van der Waals surface area contributed by atoms with E-state index < -0.39 is 34.6 Å². The van der Waals surface area contributed by atoms with Gasteiger partial charge < -0.3 is 15.7 Å². The maximum atomic E-state index is 12.8. The highest BCUT2D eigenvalue weighted by molar-refractivity contribution is 7.81. The Morgan fingerprint density at radius 1 is 1.04 bits per heavy atom. The van der Waals surface area contributed by atoms with E-state index in [1.165, 1.54) is 0 Å². The van der Waals surface area contributed by atoms with Crippen molar-refractivity contribution in [2.45, 2.75) is 58.4 Å². The number of hydrogen-bond donors (Lipinski definition) is 4. The average Bonchev–Trinajstić information content (AvgIpc) is 2.57. The van der Waals surface area contributed by atoms with Crippen molar-refractivity contribution >= 4 is 30.4 Å². The van der Waals surface area contributed by atoms with Crippen LogP contribution in [-0.2, 0) is 20.8 Å². The molecule has 0 bridgehead atoms. The number of amides is 2. The lowest BCUT2D eigenvalue weighted by Gasteiger charge is -2.32. The van der Waals surface area contributed by atoms with Crippen LogP contribution in [0.2, 0.25) is 0 Å². The normalized spacial score (nSPS) is 14.9. The van der Waals surface area contributed by atoms with Gasteiger partial charge in [-0.2, -0.15) is 12.6 Å². The highest BCUT2D eigenvalue weighted by Crippen LogP contribution is 2.21. The summed E-state index contributed by atoms with van der Waals surface area (Å²) in [5.74, 6) is -2.00. The molecule has 1 aromatic rings. The number of aliphatic carboxylic acids is 1. The van der Waals surface area contributed by atoms with E-state index in [0.717, 1.165) is 5.56 Å². The maximum absolute atomic E-state index is 12.8. The second-order valence-electron chi connectivity index (χ2n) is 8.09. The third-order valence-corrected chi connectivity index (χ3v) is 5.04. The highest BCUT2D eigenvalue weighted by Gasteiger charge is 2.36. The fourth-order valence-electron chi connectivity index (χ4n) is 2.51. The maximum Gasteiger partial charge on any atom is 0.326 e. The first kappa shape index (κ1) is 23.0. The molecule has 0 aliphatic carbocycles. The van der Waals surface area contributed by atoms with E-state index in [-0.39, 0.29) is 18.2 Å². The van der Waals surface area contributed by atoms with Crippen LogP contribution >= 0.6 is 12.6 Å². The minimum atomic E-state index is -1.12. The van der Waals surface area contributed by atoms with Gasteiger partial charge >= 0.3 is 5.97 Å². The van der Waals surface area contributed by atoms with Crippen LogP contribution in [0.3, 0.4) is 0 Å². The predicted molar refractivity (Wildman–Crippen MR) is 109 cm³/mol. The van der Waals surface area contributed by atoms with Crippen molar-refractivity contribution in [1.82, 2.24) is 10.6 Å². The summed E-state index contributed by atoms with van der Waals surface area (Å²) in [6.45, 7) is 9.17. The average molecular weight is 395 g/mol. The van der Waals surface area contributed by atoms with Crippen LogP contribution in [0.4, 0.5) is 0 Å². The molecule has 3 N–H and O–H groups in total. The zero-order valence-electron chi connectivity index (χ0n) is 16.5. The largest absolute Gasteiger partial charge is 0.480 e. The van der Waals surface area contributed by atoms with E-state index in [4.69, 9.17) is 0 Å². The Kier molecular flexibility index (Phi) is 8.34. The van der Waals surface area contributed by atoms with Crippen molar-refractivity contribution in [3.63, 3.8) is 0 Å². The van der Waals surface area contributed by atoms with Gasteiger partial charge in [-0.1, -0.05) is 65.0 Å². The zero-order valence-corrected chi connectivity index (χ0v) is 17.4. The molecule has 7 heteroatoms. The van der Waals surface area contributed by atoms with E-state index in [2.05, 4.69) is 23.3 Å². The van der Waals surface area contributed by atoms with Crippen LogP contribution in [0.25, 0.3) is 0 Å². The number of hydrogen-bond acceptors (Lipinski definition) is 4. The summed E-state index contributed by atoms with van der Waals surface area (Å²) in [5, 5.41) is 14.2. The van der Waals surface area contributed by atoms with Crippen LogP contribution in [0.15, 0.2) is 30.3 Å². The number of benzene rings is 1. The lowest BCUT2D eigenvalue weighted by molar-refractivity contribution is -0.142. The molecule has 3 atom stereocenters. The lowest BCUT2D eigenvalue weighted by atomic mass is 9.85. The summed E-state index contributed by atoms with van der Waals surface area (Å²) >= 11 is 4.29. The Morgan fingerprint density at radius 2 is 1.59 bits per heavy atom. The summed E-state index contributed by atoms with van der Waals surface area (Å²) in [6.07, 6.45) is 0.161. The molecular formula is C20H30N2O4S. The van der Waals surface area contributed by atoms with E-state index in [1.54, 1.807) is 12.1 Å². The quantitative estimate of drug-likeness (QED) is 0.509. The molecule has 27 heavy (non-hydrogen) atoms. The summed E-state index contributed by atoms with van der Waals surface area (Å²) < 4.78 is 0. The Bertz CT molecular complexity index is 656. The molecule has 0 aliphatic rings. The summed E-state index contributed by atoms with van der Waals surface area (Å²) in [6, 6.07) is 7.11. The molecule has 0 heterocycles. The van der Waals surface area contributed by atoms with Crippen molar-refractivity contribution in [2.24, 2.45) is 11.3 Å². The smallest absolute Gasteiger partial charge is 0.326 e. The SMILES string of the molecule is CC(C)C(S)C(=O)N[C@H](C(=O)N[C@@H](Cc1ccccc1)C(=O)O)C(C)(C)C. The van der Waals surface area contributed by atoms with E-state index in [9.17, 15) is 19.5 Å². The summed E-state index contributed by atoms with van der Waals surface area (Å²) in [4.78, 5) is 36.8. The van der Waals surface area contributed by atoms with Gasteiger partial charge in [-0.3, -0.25) is 9.59 Å². The fraction of sp³-hybridized carbons (Fsp3) is 0.550. The third-order valence-electron chi connectivity index (χ3n) is 4.21. The molecular weight excluding hydrogens is 364 g/mol. The van der Waals surface area contributed by atoms with Crippen molar-refractivity contribution in [1.29, 1.82) is 0 Å². The van der Waals surface area contributed by atoms with Gasteiger partial charge in [-0.15, -0.1) is 0 Å². The number of carbonyl (C=O) groups excluding carboxylic acids is 2. The van der Waals surface area contributed by atoms with Crippen LogP contribution in [0.5, 0.6) is 0 Å². The van der Waals surface area contributed by atoms with Crippen LogP contribution in [0, 0.1) is 11.3 Å². The first-order valence-electron chi connectivity index (χ1n) is 8.99. The second-order valence-corrected chi connectivity index (χ2v) is 8.64. The zero-order chi connectivity index (χ0) is 20.8. The standard InChI is InChI=1S/C20H30N2O4S/c1-12(2)15(27)17(23)22-16(20(3,4)5)18(24)21-14(19(25)26)11-13-9-7-6-8-10-13/h6-10,12,14-16,27H,11H2,1-5H3,(H,21,24)(H,22,23)(H,25,26)/t14-,15?,16+/m0/s1. The molecule has 6 nitrogen and oxygen atoms in total. The number of carbonyl (C=O) groups is 3. The molecule has 0 aromatic heterocycles. The number of nitrogens with one attached hydrogen (secondary N) is 2. The highest BCUT2D eigenvalue weighted by atomic mass is 32.1. The Balaban J connectivity index is 2.93. The second kappa shape index (κ2) is 9.78. The van der Waals surface area contributed by atoms with Gasteiger partial charge in [0.25, 0.3) is 0 Å². The molecule has 150 valence electrons. The summed E-state index contributed by atoms with van der Waals surface area (Å²) in [7, 11) is 0. The number of thiol groups is 1. The molecule has 0 fully saturated rings. The topological polar surface area (TPSA) is 95.5 Å². The molecule has 1 unspecified atom stereocenters. The number of carboxylic acid groups (broad SMARTS) is 1. The van der Waals surface area contributed by atoms with E-state index in [0.29, 0.717) is 0 Å². The van der Waals surface area contributed by atoms with E-state index in [1.807, 2.05) is 52.8 Å². The first-order chi connectivity index (χ1) is 12.4. The van der Waals surface area contributed by atoms with Gasteiger partial charge in [0.2, 0.25) is 11.8 Å². The number of rotatable bonds is 8. The van der Waals surface area contributed by atoms with Gasteiger partial charge in [0.05, 0.1) is 5.25 Å². The van der Waals surface area contributed by atoms with Crippen molar-refractivity contribution in [3.8, 4) is 0 Å². The molecule has 0 saturated carbocycles. The summed E-state index contributed by atoms with van der Waals surface area (Å²) in [5.41, 5.74) is 0.205. The van der Waals surface area contributed by atoms with Crippen LogP contribution in [-0.4, -0.2) is 40.2 Å². The van der Waals surface area contributed by atoms with E-state index >= 15 is 0 Å². The van der Waals surface area contributed by atoms with Crippen LogP contribution < -0.4 is 10.6 Å². The van der Waals surface area contributed by atoms with Gasteiger partial charge in [-0.05, 0) is 16.9 Å².